The topological polar surface area (TPSA) is 29.1 Å². The van der Waals surface area contributed by atoms with Crippen molar-refractivity contribution in [2.45, 2.75) is 13.8 Å². The molecule has 0 spiro atoms. The first-order chi connectivity index (χ1) is 6.50. The third-order valence-electron chi connectivity index (χ3n) is 1.71. The van der Waals surface area contributed by atoms with Crippen LogP contribution in [0, 0.1) is 9.49 Å². The molecule has 0 saturated carbocycles. The smallest absolute Gasteiger partial charge is 0.226 e. The summed E-state index contributed by atoms with van der Waals surface area (Å²) in [6.45, 7) is 3.69. The van der Waals surface area contributed by atoms with E-state index in [1.165, 1.54) is 0 Å². The summed E-state index contributed by atoms with van der Waals surface area (Å²) < 4.78 is 1.05. The molecular weight excluding hydrogens is 312 g/mol. The van der Waals surface area contributed by atoms with Crippen LogP contribution in [-0.2, 0) is 4.79 Å². The Kier molecular flexibility index (Phi) is 4.19. The van der Waals surface area contributed by atoms with Crippen LogP contribution in [0.4, 0.5) is 5.69 Å². The number of anilines is 1. The Morgan fingerprint density at radius 1 is 1.50 bits per heavy atom. The lowest BCUT2D eigenvalue weighted by Crippen LogP contribution is -2.17. The summed E-state index contributed by atoms with van der Waals surface area (Å²) in [5.74, 6) is -0.0570. The van der Waals surface area contributed by atoms with Crippen molar-refractivity contribution in [3.05, 3.63) is 26.8 Å². The highest BCUT2D eigenvalue weighted by Crippen LogP contribution is 2.24. The molecule has 76 valence electrons. The van der Waals surface area contributed by atoms with E-state index in [0.717, 1.165) is 3.57 Å². The number of benzene rings is 1. The van der Waals surface area contributed by atoms with E-state index < -0.39 is 0 Å². The van der Waals surface area contributed by atoms with Crippen LogP contribution in [-0.4, -0.2) is 5.91 Å². The van der Waals surface area contributed by atoms with Gasteiger partial charge in [0.05, 0.1) is 10.7 Å². The zero-order chi connectivity index (χ0) is 10.7. The molecular formula is C10H11ClINO. The van der Waals surface area contributed by atoms with E-state index in [-0.39, 0.29) is 11.8 Å². The summed E-state index contributed by atoms with van der Waals surface area (Å²) in [6, 6.07) is 5.53. The first-order valence-electron chi connectivity index (χ1n) is 4.26. The van der Waals surface area contributed by atoms with E-state index in [1.54, 1.807) is 0 Å². The van der Waals surface area contributed by atoms with Gasteiger partial charge in [-0.1, -0.05) is 25.4 Å². The zero-order valence-corrected chi connectivity index (χ0v) is 10.9. The lowest BCUT2D eigenvalue weighted by molar-refractivity contribution is -0.118. The molecule has 0 atom stereocenters. The van der Waals surface area contributed by atoms with Crippen molar-refractivity contribution in [1.82, 2.24) is 0 Å². The largest absolute Gasteiger partial charge is 0.325 e. The minimum Gasteiger partial charge on any atom is -0.325 e. The molecule has 1 N–H and O–H groups in total. The number of rotatable bonds is 2. The van der Waals surface area contributed by atoms with Crippen LogP contribution < -0.4 is 5.32 Å². The van der Waals surface area contributed by atoms with Gasteiger partial charge in [0.1, 0.15) is 0 Å². The van der Waals surface area contributed by atoms with E-state index in [2.05, 4.69) is 27.9 Å². The van der Waals surface area contributed by atoms with Crippen LogP contribution in [0.5, 0.6) is 0 Å². The van der Waals surface area contributed by atoms with Crippen molar-refractivity contribution >= 4 is 45.8 Å². The second-order valence-electron chi connectivity index (χ2n) is 3.27. The second kappa shape index (κ2) is 4.98. The van der Waals surface area contributed by atoms with Crippen LogP contribution in [0.25, 0.3) is 0 Å². The summed E-state index contributed by atoms with van der Waals surface area (Å²) >= 11 is 8.13. The van der Waals surface area contributed by atoms with Gasteiger partial charge in [0.15, 0.2) is 0 Å². The van der Waals surface area contributed by atoms with Crippen molar-refractivity contribution < 1.29 is 4.79 Å². The van der Waals surface area contributed by atoms with Crippen LogP contribution >= 0.6 is 34.2 Å². The quantitative estimate of drug-likeness (QED) is 0.829. The van der Waals surface area contributed by atoms with Gasteiger partial charge >= 0.3 is 0 Å². The molecule has 1 rings (SSSR count). The molecule has 1 aromatic carbocycles. The standard InChI is InChI=1S/C10H11ClINO/c1-6(2)10(14)13-9-4-3-7(12)5-8(9)11/h3-6H,1-2H3,(H,13,14). The van der Waals surface area contributed by atoms with Crippen LogP contribution in [0.3, 0.4) is 0 Å². The molecule has 1 amide bonds. The Morgan fingerprint density at radius 3 is 2.64 bits per heavy atom. The zero-order valence-electron chi connectivity index (χ0n) is 7.97. The normalized spacial score (nSPS) is 10.4. The van der Waals surface area contributed by atoms with Crippen LogP contribution in [0.2, 0.25) is 5.02 Å². The molecule has 1 aromatic rings. The number of halogens is 2. The molecule has 0 aliphatic rings. The Bertz CT molecular complexity index is 352. The van der Waals surface area contributed by atoms with Gasteiger partial charge in [0, 0.05) is 9.49 Å². The maximum atomic E-state index is 11.4. The fourth-order valence-electron chi connectivity index (χ4n) is 0.868. The van der Waals surface area contributed by atoms with Gasteiger partial charge < -0.3 is 5.32 Å². The highest BCUT2D eigenvalue weighted by Gasteiger charge is 2.09. The number of carbonyl (C=O) groups is 1. The van der Waals surface area contributed by atoms with E-state index in [0.29, 0.717) is 10.7 Å². The Morgan fingerprint density at radius 2 is 2.14 bits per heavy atom. The summed E-state index contributed by atoms with van der Waals surface area (Å²) in [6.07, 6.45) is 0. The third-order valence-corrected chi connectivity index (χ3v) is 2.70. The summed E-state index contributed by atoms with van der Waals surface area (Å²) in [5.41, 5.74) is 0.672. The molecule has 0 fully saturated rings. The molecule has 4 heteroatoms. The maximum Gasteiger partial charge on any atom is 0.226 e. The molecule has 0 unspecified atom stereocenters. The molecule has 14 heavy (non-hydrogen) atoms. The number of carbonyl (C=O) groups excluding carboxylic acids is 1. The van der Waals surface area contributed by atoms with Crippen molar-refractivity contribution in [3.8, 4) is 0 Å². The second-order valence-corrected chi connectivity index (χ2v) is 4.92. The fraction of sp³-hybridized carbons (Fsp3) is 0.300. The molecule has 0 aliphatic carbocycles. The molecule has 0 radical (unpaired) electrons. The number of nitrogens with one attached hydrogen (secondary N) is 1. The predicted molar refractivity (Wildman–Crippen MR) is 67.6 cm³/mol. The molecule has 0 aliphatic heterocycles. The van der Waals surface area contributed by atoms with Crippen LogP contribution in [0.1, 0.15) is 13.8 Å². The molecule has 0 bridgehead atoms. The molecule has 2 nitrogen and oxygen atoms in total. The fourth-order valence-corrected chi connectivity index (χ4v) is 1.77. The average Bonchev–Trinajstić information content (AvgIpc) is 2.09. The SMILES string of the molecule is CC(C)C(=O)Nc1ccc(I)cc1Cl. The van der Waals surface area contributed by atoms with Crippen molar-refractivity contribution in [2.75, 3.05) is 5.32 Å². The van der Waals surface area contributed by atoms with E-state index in [1.807, 2.05) is 32.0 Å². The van der Waals surface area contributed by atoms with Gasteiger partial charge in [0.2, 0.25) is 5.91 Å². The highest BCUT2D eigenvalue weighted by molar-refractivity contribution is 14.1. The lowest BCUT2D eigenvalue weighted by atomic mass is 10.2. The minimum absolute atomic E-state index is 0.0203. The van der Waals surface area contributed by atoms with E-state index in [4.69, 9.17) is 11.6 Å². The lowest BCUT2D eigenvalue weighted by Gasteiger charge is -2.09. The van der Waals surface area contributed by atoms with Gasteiger partial charge in [-0.2, -0.15) is 0 Å². The van der Waals surface area contributed by atoms with Gasteiger partial charge in [-0.05, 0) is 40.8 Å². The maximum absolute atomic E-state index is 11.4. The van der Waals surface area contributed by atoms with Crippen molar-refractivity contribution in [2.24, 2.45) is 5.92 Å². The van der Waals surface area contributed by atoms with Crippen molar-refractivity contribution in [1.29, 1.82) is 0 Å². The van der Waals surface area contributed by atoms with Gasteiger partial charge in [-0.15, -0.1) is 0 Å². The monoisotopic (exact) mass is 323 g/mol. The Labute approximate surface area is 102 Å². The van der Waals surface area contributed by atoms with Crippen molar-refractivity contribution in [3.63, 3.8) is 0 Å². The third kappa shape index (κ3) is 3.13. The molecule has 0 aromatic heterocycles. The summed E-state index contributed by atoms with van der Waals surface area (Å²) in [5, 5.41) is 3.34. The molecule has 0 saturated heterocycles. The summed E-state index contributed by atoms with van der Waals surface area (Å²) in [7, 11) is 0. The Balaban J connectivity index is 2.82. The Hall–Kier alpha value is -0.290. The summed E-state index contributed by atoms with van der Waals surface area (Å²) in [4.78, 5) is 11.4. The molecule has 0 heterocycles. The number of hydrogen-bond acceptors (Lipinski definition) is 1. The average molecular weight is 324 g/mol. The predicted octanol–water partition coefficient (Wildman–Crippen LogP) is 3.54. The van der Waals surface area contributed by atoms with Gasteiger partial charge in [-0.3, -0.25) is 4.79 Å². The number of hydrogen-bond donors (Lipinski definition) is 1. The van der Waals surface area contributed by atoms with Crippen LogP contribution in [0.15, 0.2) is 18.2 Å². The first kappa shape index (κ1) is 11.8. The van der Waals surface area contributed by atoms with Gasteiger partial charge in [-0.25, -0.2) is 0 Å². The highest BCUT2D eigenvalue weighted by atomic mass is 127. The van der Waals surface area contributed by atoms with E-state index in [9.17, 15) is 4.79 Å². The first-order valence-corrected chi connectivity index (χ1v) is 5.72. The van der Waals surface area contributed by atoms with Gasteiger partial charge in [0.25, 0.3) is 0 Å². The minimum atomic E-state index is -0.0367. The number of amides is 1. The van der Waals surface area contributed by atoms with E-state index >= 15 is 0 Å².